The van der Waals surface area contributed by atoms with E-state index in [2.05, 4.69) is 41.3 Å². The van der Waals surface area contributed by atoms with Crippen LogP contribution in [0.15, 0.2) is 42.5 Å². The van der Waals surface area contributed by atoms with Crippen molar-refractivity contribution in [3.05, 3.63) is 59.0 Å². The Bertz CT molecular complexity index is 1350. The van der Waals surface area contributed by atoms with Gasteiger partial charge >= 0.3 is 12.0 Å². The summed E-state index contributed by atoms with van der Waals surface area (Å²) in [5.74, 6) is -1.24. The van der Waals surface area contributed by atoms with E-state index in [1.807, 2.05) is 0 Å². The van der Waals surface area contributed by atoms with Gasteiger partial charge < -0.3 is 20.7 Å². The van der Waals surface area contributed by atoms with Crippen molar-refractivity contribution in [1.29, 1.82) is 0 Å². The highest BCUT2D eigenvalue weighted by Crippen LogP contribution is 2.18. The van der Waals surface area contributed by atoms with Crippen LogP contribution in [0.5, 0.6) is 0 Å². The summed E-state index contributed by atoms with van der Waals surface area (Å²) in [7, 11) is 0. The van der Waals surface area contributed by atoms with Gasteiger partial charge in [-0.1, -0.05) is 16.8 Å². The number of H-pyrrole nitrogens is 2. The summed E-state index contributed by atoms with van der Waals surface area (Å²) in [6, 6.07) is 11.0. The van der Waals surface area contributed by atoms with E-state index < -0.39 is 12.0 Å². The first-order chi connectivity index (χ1) is 16.4. The second-order valence-electron chi connectivity index (χ2n) is 7.24. The number of aromatic carboxylic acids is 1. The lowest BCUT2D eigenvalue weighted by atomic mass is 10.2. The van der Waals surface area contributed by atoms with E-state index >= 15 is 0 Å². The van der Waals surface area contributed by atoms with Gasteiger partial charge in [-0.05, 0) is 48.9 Å². The fraction of sp³-hybridized carbons (Fsp3) is 0.143. The van der Waals surface area contributed by atoms with Crippen LogP contribution in [0.25, 0.3) is 11.0 Å². The number of carbonyl (C=O) groups excluding carboxylic acids is 2. The van der Waals surface area contributed by atoms with Gasteiger partial charge in [0, 0.05) is 29.2 Å². The summed E-state index contributed by atoms with van der Waals surface area (Å²) in [6.07, 6.45) is 0.886. The van der Waals surface area contributed by atoms with Crippen molar-refractivity contribution < 1.29 is 19.5 Å². The molecule has 4 aromatic rings. The predicted molar refractivity (Wildman–Crippen MR) is 125 cm³/mol. The van der Waals surface area contributed by atoms with Gasteiger partial charge in [-0.2, -0.15) is 0 Å². The number of anilines is 3. The van der Waals surface area contributed by atoms with E-state index in [0.29, 0.717) is 40.6 Å². The molecule has 0 unspecified atom stereocenters. The summed E-state index contributed by atoms with van der Waals surface area (Å²) < 4.78 is 0. The first-order valence-corrected chi connectivity index (χ1v) is 10.5. The van der Waals surface area contributed by atoms with Crippen molar-refractivity contribution in [2.75, 3.05) is 16.0 Å². The molecule has 34 heavy (non-hydrogen) atoms. The topological polar surface area (TPSA) is 178 Å². The lowest BCUT2D eigenvalue weighted by Crippen LogP contribution is -2.21. The van der Waals surface area contributed by atoms with Crippen LogP contribution in [0, 0.1) is 0 Å². The molecule has 0 spiro atoms. The van der Waals surface area contributed by atoms with Gasteiger partial charge in [-0.15, -0.1) is 5.10 Å². The lowest BCUT2D eigenvalue weighted by molar-refractivity contribution is -0.116. The minimum atomic E-state index is -1.30. The molecule has 0 saturated carbocycles. The molecule has 0 aliphatic heterocycles. The number of carboxylic acids is 1. The van der Waals surface area contributed by atoms with Gasteiger partial charge in [0.05, 0.1) is 5.52 Å². The molecule has 3 amide bonds. The normalized spacial score (nSPS) is 10.7. The van der Waals surface area contributed by atoms with Crippen LogP contribution in [-0.2, 0) is 11.2 Å². The van der Waals surface area contributed by atoms with Crippen LogP contribution >= 0.6 is 11.6 Å². The Hall–Kier alpha value is -4.45. The molecule has 4 rings (SSSR count). The maximum Gasteiger partial charge on any atom is 0.358 e. The fourth-order valence-corrected chi connectivity index (χ4v) is 3.28. The van der Waals surface area contributed by atoms with Gasteiger partial charge in [0.15, 0.2) is 5.69 Å². The summed E-state index contributed by atoms with van der Waals surface area (Å²) in [6.45, 7) is 0. The quantitative estimate of drug-likeness (QED) is 0.222. The third-order valence-electron chi connectivity index (χ3n) is 4.72. The van der Waals surface area contributed by atoms with Crippen molar-refractivity contribution in [3.63, 3.8) is 0 Å². The molecular weight excluding hydrogens is 464 g/mol. The van der Waals surface area contributed by atoms with Gasteiger partial charge in [0.25, 0.3) is 0 Å². The number of carboxylic acid groups (broad SMARTS) is 1. The fourth-order valence-electron chi connectivity index (χ4n) is 3.15. The van der Waals surface area contributed by atoms with Gasteiger partial charge in [-0.3, -0.25) is 15.2 Å². The van der Waals surface area contributed by atoms with Crippen molar-refractivity contribution in [3.8, 4) is 0 Å². The standard InChI is InChI=1S/C21H19ClN8O4/c22-11-4-6-12(7-5-11)24-21(34)27-19-18(20(32)33)25-16(26-19)2-1-3-17(31)23-13-8-9-14-15(10-13)29-30-28-14/h4-10H,1-3H2,(H,23,31)(H,25,26)(H,32,33)(H2,24,27,34)(H,28,29,30). The Morgan fingerprint density at radius 3 is 2.53 bits per heavy atom. The number of imidazole rings is 1. The minimum absolute atomic E-state index is 0.0562. The summed E-state index contributed by atoms with van der Waals surface area (Å²) in [4.78, 5) is 42.8. The number of halogens is 1. The third kappa shape index (κ3) is 5.66. The largest absolute Gasteiger partial charge is 0.476 e. The molecule has 2 heterocycles. The molecule has 0 aliphatic rings. The molecule has 174 valence electrons. The number of hydrogen-bond acceptors (Lipinski definition) is 6. The average Bonchev–Trinajstić information content (AvgIpc) is 3.42. The molecule has 0 radical (unpaired) electrons. The van der Waals surface area contributed by atoms with Crippen LogP contribution in [0.3, 0.4) is 0 Å². The first kappa shape index (κ1) is 22.7. The number of rotatable bonds is 8. The number of nitrogens with one attached hydrogen (secondary N) is 5. The second kappa shape index (κ2) is 10.0. The van der Waals surface area contributed by atoms with Gasteiger partial charge in [0.1, 0.15) is 17.2 Å². The molecule has 0 saturated heterocycles. The lowest BCUT2D eigenvalue weighted by Gasteiger charge is -2.06. The number of hydrogen-bond donors (Lipinski definition) is 6. The third-order valence-corrected chi connectivity index (χ3v) is 4.98. The van der Waals surface area contributed by atoms with Crippen molar-refractivity contribution >= 4 is 57.7 Å². The molecule has 0 atom stereocenters. The Morgan fingerprint density at radius 1 is 1.00 bits per heavy atom. The molecule has 2 aromatic carbocycles. The van der Waals surface area contributed by atoms with Crippen LogP contribution in [-0.4, -0.2) is 48.4 Å². The number of fused-ring (bicyclic) bond motifs is 1. The average molecular weight is 483 g/mol. The molecule has 12 nitrogen and oxygen atoms in total. The Kier molecular flexibility index (Phi) is 6.69. The SMILES string of the molecule is O=C(CCCc1nc(C(=O)O)c(NC(=O)Nc2ccc(Cl)cc2)[nH]1)Nc1ccc2[nH]nnc2c1. The van der Waals surface area contributed by atoms with E-state index in [1.165, 1.54) is 0 Å². The van der Waals surface area contributed by atoms with Gasteiger partial charge in [-0.25, -0.2) is 14.6 Å². The van der Waals surface area contributed by atoms with Crippen LogP contribution < -0.4 is 16.0 Å². The van der Waals surface area contributed by atoms with E-state index in [0.717, 1.165) is 5.52 Å². The number of benzene rings is 2. The smallest absolute Gasteiger partial charge is 0.358 e. The molecular formula is C21H19ClN8O4. The van der Waals surface area contributed by atoms with Crippen LogP contribution in [0.1, 0.15) is 29.2 Å². The molecule has 0 bridgehead atoms. The monoisotopic (exact) mass is 482 g/mol. The second-order valence-corrected chi connectivity index (χ2v) is 7.68. The number of amides is 3. The van der Waals surface area contributed by atoms with E-state index in [-0.39, 0.29) is 23.8 Å². The number of carbonyl (C=O) groups is 3. The number of nitrogens with zero attached hydrogens (tertiary/aromatic N) is 3. The number of aromatic nitrogens is 5. The maximum absolute atomic E-state index is 12.2. The Labute approximate surface area is 197 Å². The predicted octanol–water partition coefficient (Wildman–Crippen LogP) is 3.64. The molecule has 13 heteroatoms. The maximum atomic E-state index is 12.2. The Balaban J connectivity index is 1.31. The molecule has 6 N–H and O–H groups in total. The number of urea groups is 1. The van der Waals surface area contributed by atoms with Crippen LogP contribution in [0.2, 0.25) is 5.02 Å². The zero-order valence-corrected chi connectivity index (χ0v) is 18.3. The van der Waals surface area contributed by atoms with Crippen LogP contribution in [0.4, 0.5) is 22.0 Å². The van der Waals surface area contributed by atoms with Crippen molar-refractivity contribution in [1.82, 2.24) is 25.4 Å². The molecule has 2 aromatic heterocycles. The summed E-state index contributed by atoms with van der Waals surface area (Å²) in [5, 5.41) is 28.0. The van der Waals surface area contributed by atoms with Gasteiger partial charge in [0.2, 0.25) is 5.91 Å². The number of aryl methyl sites for hydroxylation is 1. The van der Waals surface area contributed by atoms with E-state index in [9.17, 15) is 19.5 Å². The zero-order chi connectivity index (χ0) is 24.1. The Morgan fingerprint density at radius 2 is 1.76 bits per heavy atom. The highest BCUT2D eigenvalue weighted by molar-refractivity contribution is 6.30. The molecule has 0 fully saturated rings. The first-order valence-electron chi connectivity index (χ1n) is 10.1. The van der Waals surface area contributed by atoms with Crippen molar-refractivity contribution in [2.45, 2.75) is 19.3 Å². The zero-order valence-electron chi connectivity index (χ0n) is 17.6. The highest BCUT2D eigenvalue weighted by Gasteiger charge is 2.19. The number of aromatic amines is 2. The summed E-state index contributed by atoms with van der Waals surface area (Å²) >= 11 is 5.82. The molecule has 0 aliphatic carbocycles. The van der Waals surface area contributed by atoms with E-state index in [4.69, 9.17) is 11.6 Å². The van der Waals surface area contributed by atoms with Crippen molar-refractivity contribution in [2.24, 2.45) is 0 Å². The summed E-state index contributed by atoms with van der Waals surface area (Å²) in [5.41, 5.74) is 2.14. The minimum Gasteiger partial charge on any atom is -0.476 e. The highest BCUT2D eigenvalue weighted by atomic mass is 35.5. The van der Waals surface area contributed by atoms with E-state index in [1.54, 1.807) is 42.5 Å².